The second-order valence-electron chi connectivity index (χ2n) is 6.01. The Labute approximate surface area is 167 Å². The molecule has 6 heteroatoms. The number of thiazole rings is 1. The van der Waals surface area contributed by atoms with Crippen molar-refractivity contribution in [1.82, 2.24) is 15.6 Å². The smallest absolute Gasteiger partial charge is 0.270 e. The molecule has 2 aromatic carbocycles. The van der Waals surface area contributed by atoms with Crippen LogP contribution in [0, 0.1) is 12.3 Å². The van der Waals surface area contributed by atoms with Gasteiger partial charge in [0.15, 0.2) is 5.01 Å². The van der Waals surface area contributed by atoms with Crippen molar-refractivity contribution in [3.63, 3.8) is 0 Å². The minimum Gasteiger partial charge on any atom is -0.355 e. The monoisotopic (exact) mass is 389 g/mol. The Hall–Kier alpha value is -3.43. The van der Waals surface area contributed by atoms with Crippen LogP contribution in [0.4, 0.5) is 0 Å². The summed E-state index contributed by atoms with van der Waals surface area (Å²) in [7, 11) is 1.61. The highest BCUT2D eigenvalue weighted by Crippen LogP contribution is 2.23. The fraction of sp³-hybridized carbons (Fsp3) is 0.136. The van der Waals surface area contributed by atoms with Gasteiger partial charge in [-0.3, -0.25) is 9.59 Å². The normalized spacial score (nSPS) is 10.1. The molecule has 2 N–H and O–H groups in total. The molecule has 2 amide bonds. The molecule has 0 fully saturated rings. The summed E-state index contributed by atoms with van der Waals surface area (Å²) in [5.41, 5.74) is 3.78. The van der Waals surface area contributed by atoms with Crippen LogP contribution >= 0.6 is 11.3 Å². The van der Waals surface area contributed by atoms with Gasteiger partial charge in [0.05, 0.1) is 0 Å². The van der Waals surface area contributed by atoms with Gasteiger partial charge in [-0.15, -0.1) is 17.8 Å². The summed E-state index contributed by atoms with van der Waals surface area (Å²) in [6.45, 7) is 0.385. The summed E-state index contributed by atoms with van der Waals surface area (Å²) in [5.74, 6) is 1.98. The third-order valence-corrected chi connectivity index (χ3v) is 5.00. The van der Waals surface area contributed by atoms with Gasteiger partial charge >= 0.3 is 0 Å². The van der Waals surface area contributed by atoms with Crippen LogP contribution in [0.1, 0.15) is 31.4 Å². The average Bonchev–Trinajstić information content (AvgIpc) is 3.23. The van der Waals surface area contributed by atoms with Gasteiger partial charge in [-0.2, -0.15) is 0 Å². The number of amides is 2. The summed E-state index contributed by atoms with van der Waals surface area (Å²) in [5, 5.41) is 7.61. The number of rotatable bonds is 6. The quantitative estimate of drug-likeness (QED) is 0.637. The second-order valence-corrected chi connectivity index (χ2v) is 6.86. The van der Waals surface area contributed by atoms with E-state index < -0.39 is 0 Å². The SMILES string of the molecule is C#Cc1nc(C(=O)NCCc2ccc(-c3ccccc3)cc2C(=O)NC)cs1. The fourth-order valence-corrected chi connectivity index (χ4v) is 3.40. The van der Waals surface area contributed by atoms with Crippen molar-refractivity contribution in [3.8, 4) is 23.5 Å². The molecule has 0 saturated heterocycles. The summed E-state index contributed by atoms with van der Waals surface area (Å²) in [6, 6.07) is 15.7. The van der Waals surface area contributed by atoms with Gasteiger partial charge in [0.2, 0.25) is 0 Å². The van der Waals surface area contributed by atoms with E-state index in [0.717, 1.165) is 16.7 Å². The molecule has 28 heavy (non-hydrogen) atoms. The van der Waals surface area contributed by atoms with Crippen molar-refractivity contribution in [1.29, 1.82) is 0 Å². The Kier molecular flexibility index (Phi) is 6.20. The van der Waals surface area contributed by atoms with Crippen LogP contribution in [0.3, 0.4) is 0 Å². The molecule has 5 nitrogen and oxygen atoms in total. The van der Waals surface area contributed by atoms with E-state index in [4.69, 9.17) is 6.42 Å². The number of nitrogens with one attached hydrogen (secondary N) is 2. The van der Waals surface area contributed by atoms with E-state index in [1.807, 2.05) is 48.5 Å². The Morgan fingerprint density at radius 3 is 2.57 bits per heavy atom. The molecule has 0 unspecified atom stereocenters. The maximum atomic E-state index is 12.3. The molecule has 0 atom stereocenters. The molecule has 0 bridgehead atoms. The highest BCUT2D eigenvalue weighted by molar-refractivity contribution is 7.10. The Morgan fingerprint density at radius 1 is 1.11 bits per heavy atom. The van der Waals surface area contributed by atoms with Gasteiger partial charge in [-0.25, -0.2) is 4.98 Å². The van der Waals surface area contributed by atoms with Crippen molar-refractivity contribution >= 4 is 23.2 Å². The molecular weight excluding hydrogens is 370 g/mol. The first-order valence-corrected chi connectivity index (χ1v) is 9.61. The third kappa shape index (κ3) is 4.45. The van der Waals surface area contributed by atoms with Crippen LogP contribution in [0.25, 0.3) is 11.1 Å². The number of carbonyl (C=O) groups excluding carboxylic acids is 2. The van der Waals surface area contributed by atoms with Crippen LogP contribution in [-0.2, 0) is 6.42 Å². The topological polar surface area (TPSA) is 71.1 Å². The fourth-order valence-electron chi connectivity index (χ4n) is 2.80. The number of nitrogens with zero attached hydrogens (tertiary/aromatic N) is 1. The van der Waals surface area contributed by atoms with E-state index in [2.05, 4.69) is 21.5 Å². The van der Waals surface area contributed by atoms with Crippen molar-refractivity contribution in [2.45, 2.75) is 6.42 Å². The Balaban J connectivity index is 1.73. The second kappa shape index (κ2) is 8.98. The van der Waals surface area contributed by atoms with E-state index in [1.165, 1.54) is 11.3 Å². The van der Waals surface area contributed by atoms with E-state index in [-0.39, 0.29) is 11.8 Å². The molecule has 0 aliphatic carbocycles. The van der Waals surface area contributed by atoms with E-state index in [0.29, 0.717) is 29.2 Å². The van der Waals surface area contributed by atoms with Crippen molar-refractivity contribution in [2.24, 2.45) is 0 Å². The lowest BCUT2D eigenvalue weighted by atomic mass is 9.97. The lowest BCUT2D eigenvalue weighted by Gasteiger charge is -2.12. The number of hydrogen-bond acceptors (Lipinski definition) is 4. The number of aromatic nitrogens is 1. The lowest BCUT2D eigenvalue weighted by Crippen LogP contribution is -2.27. The summed E-state index contributed by atoms with van der Waals surface area (Å²) in [4.78, 5) is 28.6. The minimum atomic E-state index is -0.278. The zero-order valence-electron chi connectivity index (χ0n) is 15.4. The molecule has 0 aliphatic heterocycles. The van der Waals surface area contributed by atoms with Crippen molar-refractivity contribution in [3.05, 3.63) is 75.7 Å². The molecule has 0 spiro atoms. The number of carbonyl (C=O) groups is 2. The molecule has 1 aromatic heterocycles. The van der Waals surface area contributed by atoms with Gasteiger partial charge in [0.25, 0.3) is 11.8 Å². The molecule has 0 aliphatic rings. The molecule has 140 valence electrons. The van der Waals surface area contributed by atoms with E-state index in [9.17, 15) is 9.59 Å². The molecule has 0 saturated carbocycles. The average molecular weight is 389 g/mol. The van der Waals surface area contributed by atoms with Gasteiger partial charge in [-0.05, 0) is 35.1 Å². The first-order chi connectivity index (χ1) is 13.6. The van der Waals surface area contributed by atoms with Gasteiger partial charge in [0.1, 0.15) is 5.69 Å². The number of hydrogen-bond donors (Lipinski definition) is 2. The third-order valence-electron chi connectivity index (χ3n) is 4.23. The summed E-state index contributed by atoms with van der Waals surface area (Å²) < 4.78 is 0. The maximum absolute atomic E-state index is 12.3. The maximum Gasteiger partial charge on any atom is 0.270 e. The molecule has 3 rings (SSSR count). The molecule has 3 aromatic rings. The van der Waals surface area contributed by atoms with Gasteiger partial charge in [0, 0.05) is 24.5 Å². The Morgan fingerprint density at radius 2 is 1.89 bits per heavy atom. The minimum absolute atomic E-state index is 0.155. The first-order valence-electron chi connectivity index (χ1n) is 8.73. The lowest BCUT2D eigenvalue weighted by molar-refractivity contribution is 0.0948. The van der Waals surface area contributed by atoms with Crippen molar-refractivity contribution < 1.29 is 9.59 Å². The van der Waals surface area contributed by atoms with Crippen LogP contribution in [0.15, 0.2) is 53.9 Å². The Bertz CT molecular complexity index is 1040. The predicted octanol–water partition coefficient (Wildman–Crippen LogP) is 3.12. The molecule has 0 radical (unpaired) electrons. The number of benzene rings is 2. The first kappa shape index (κ1) is 19.3. The molecular formula is C22H19N3O2S. The van der Waals surface area contributed by atoms with E-state index in [1.54, 1.807) is 12.4 Å². The summed E-state index contributed by atoms with van der Waals surface area (Å²) >= 11 is 1.26. The highest BCUT2D eigenvalue weighted by atomic mass is 32.1. The van der Waals surface area contributed by atoms with Crippen molar-refractivity contribution in [2.75, 3.05) is 13.6 Å². The van der Waals surface area contributed by atoms with Gasteiger partial charge < -0.3 is 10.6 Å². The van der Waals surface area contributed by atoms with Crippen LogP contribution < -0.4 is 10.6 Å². The zero-order valence-corrected chi connectivity index (χ0v) is 16.2. The largest absolute Gasteiger partial charge is 0.355 e. The zero-order chi connectivity index (χ0) is 19.9. The predicted molar refractivity (Wildman–Crippen MR) is 111 cm³/mol. The molecule has 1 heterocycles. The van der Waals surface area contributed by atoms with Crippen LogP contribution in [0.5, 0.6) is 0 Å². The highest BCUT2D eigenvalue weighted by Gasteiger charge is 2.13. The van der Waals surface area contributed by atoms with Crippen LogP contribution in [-0.4, -0.2) is 30.4 Å². The standard InChI is InChI=1S/C22H19N3O2S/c1-3-20-25-19(14-28-20)22(27)24-12-11-16-9-10-17(13-18(16)21(26)23-2)15-7-5-4-6-8-15/h1,4-10,13-14H,11-12H2,2H3,(H,23,26)(H,24,27). The van der Waals surface area contributed by atoms with E-state index >= 15 is 0 Å². The summed E-state index contributed by atoms with van der Waals surface area (Å²) in [6.07, 6.45) is 5.80. The van der Waals surface area contributed by atoms with Crippen LogP contribution in [0.2, 0.25) is 0 Å². The van der Waals surface area contributed by atoms with Gasteiger partial charge in [-0.1, -0.05) is 42.5 Å². The number of terminal acetylenes is 1.